The summed E-state index contributed by atoms with van der Waals surface area (Å²) in [6, 6.07) is -0.797. The molecule has 0 spiro atoms. The first-order valence-corrected chi connectivity index (χ1v) is 9.10. The lowest BCUT2D eigenvalue weighted by Crippen LogP contribution is -2.48. The summed E-state index contributed by atoms with van der Waals surface area (Å²) in [5.41, 5.74) is -1.15. The van der Waals surface area contributed by atoms with Gasteiger partial charge in [0.2, 0.25) is 15.8 Å². The molecule has 1 aromatic carbocycles. The van der Waals surface area contributed by atoms with Crippen LogP contribution in [-0.4, -0.2) is 44.7 Å². The molecule has 0 aliphatic carbocycles. The van der Waals surface area contributed by atoms with Gasteiger partial charge in [-0.25, -0.2) is 39.9 Å². The summed E-state index contributed by atoms with van der Waals surface area (Å²) in [5.74, 6) is -10.5. The molecule has 0 radical (unpaired) electrons. The molecule has 1 fully saturated rings. The number of nitrogens with one attached hydrogen (secondary N) is 2. The van der Waals surface area contributed by atoms with Gasteiger partial charge in [0.25, 0.3) is 0 Å². The van der Waals surface area contributed by atoms with E-state index in [9.17, 15) is 35.2 Å². The first-order chi connectivity index (χ1) is 12.1. The van der Waals surface area contributed by atoms with Crippen molar-refractivity contribution < 1.29 is 35.2 Å². The molecule has 1 aliphatic heterocycles. The molecule has 12 heteroatoms. The summed E-state index contributed by atoms with van der Waals surface area (Å²) in [6.07, 6.45) is 0.304. The highest BCUT2D eigenvalue weighted by Crippen LogP contribution is 2.23. The van der Waals surface area contributed by atoms with Crippen LogP contribution in [0.5, 0.6) is 0 Å². The van der Waals surface area contributed by atoms with Crippen LogP contribution in [0.25, 0.3) is 0 Å². The largest absolute Gasteiger partial charge is 0.334 e. The summed E-state index contributed by atoms with van der Waals surface area (Å²) in [6.45, 7) is -0.775. The average Bonchev–Trinajstić information content (AvgIpc) is 2.64. The minimum atomic E-state index is -3.48. The fourth-order valence-corrected chi connectivity index (χ4v) is 3.78. The van der Waals surface area contributed by atoms with E-state index >= 15 is 0 Å². The Hall–Kier alpha value is -1.95. The van der Waals surface area contributed by atoms with E-state index in [1.165, 1.54) is 11.9 Å². The zero-order valence-corrected chi connectivity index (χ0v) is 14.4. The Labute approximate surface area is 146 Å². The average molecular weight is 401 g/mol. The van der Waals surface area contributed by atoms with E-state index in [2.05, 4.69) is 10.0 Å². The van der Waals surface area contributed by atoms with Crippen LogP contribution in [0.1, 0.15) is 18.4 Å². The smallest absolute Gasteiger partial charge is 0.317 e. The summed E-state index contributed by atoms with van der Waals surface area (Å²) in [5, 5.41) is 1.40. The van der Waals surface area contributed by atoms with Crippen molar-refractivity contribution in [3.05, 3.63) is 34.6 Å². The van der Waals surface area contributed by atoms with Gasteiger partial charge in [-0.3, -0.25) is 0 Å². The Morgan fingerprint density at radius 2 is 1.46 bits per heavy atom. The molecule has 2 rings (SSSR count). The molecule has 0 atom stereocenters. The number of halogens is 5. The predicted octanol–water partition coefficient (Wildman–Crippen LogP) is 1.61. The van der Waals surface area contributed by atoms with Crippen molar-refractivity contribution in [1.82, 2.24) is 14.9 Å². The van der Waals surface area contributed by atoms with Crippen molar-refractivity contribution in [2.45, 2.75) is 24.6 Å². The molecule has 1 saturated heterocycles. The number of benzene rings is 1. The molecule has 26 heavy (non-hydrogen) atoms. The van der Waals surface area contributed by atoms with E-state index in [1.807, 2.05) is 0 Å². The van der Waals surface area contributed by atoms with Gasteiger partial charge < -0.3 is 10.2 Å². The van der Waals surface area contributed by atoms with E-state index in [0.29, 0.717) is 0 Å². The van der Waals surface area contributed by atoms with Gasteiger partial charge in [0.1, 0.15) is 0 Å². The lowest BCUT2D eigenvalue weighted by Gasteiger charge is -2.31. The fraction of sp³-hybridized carbons (Fsp3) is 0.500. The summed E-state index contributed by atoms with van der Waals surface area (Å²) in [4.78, 5) is 13.2. The van der Waals surface area contributed by atoms with Crippen molar-refractivity contribution >= 4 is 16.1 Å². The Kier molecular flexibility index (Phi) is 6.06. The maximum Gasteiger partial charge on any atom is 0.317 e. The van der Waals surface area contributed by atoms with Crippen LogP contribution >= 0.6 is 0 Å². The highest BCUT2D eigenvalue weighted by Gasteiger charge is 2.31. The molecule has 0 saturated carbocycles. The maximum atomic E-state index is 13.6. The number of carbonyl (C=O) groups excluding carboxylic acids is 1. The number of rotatable bonds is 4. The van der Waals surface area contributed by atoms with Gasteiger partial charge in [-0.05, 0) is 19.9 Å². The van der Waals surface area contributed by atoms with Gasteiger partial charge in [0.15, 0.2) is 23.3 Å². The van der Waals surface area contributed by atoms with Crippen molar-refractivity contribution in [3.8, 4) is 0 Å². The second-order valence-corrected chi connectivity index (χ2v) is 7.81. The van der Waals surface area contributed by atoms with E-state index in [1.54, 1.807) is 0 Å². The van der Waals surface area contributed by atoms with Crippen LogP contribution in [0.4, 0.5) is 26.7 Å². The third-order valence-corrected chi connectivity index (χ3v) is 6.09. The zero-order valence-electron chi connectivity index (χ0n) is 13.6. The number of piperidine rings is 1. The summed E-state index contributed by atoms with van der Waals surface area (Å²) >= 11 is 0. The van der Waals surface area contributed by atoms with E-state index in [-0.39, 0.29) is 25.9 Å². The molecule has 0 unspecified atom stereocenters. The lowest BCUT2D eigenvalue weighted by molar-refractivity contribution is 0.186. The van der Waals surface area contributed by atoms with Crippen molar-refractivity contribution in [3.63, 3.8) is 0 Å². The number of urea groups is 1. The van der Waals surface area contributed by atoms with Crippen LogP contribution in [0.2, 0.25) is 0 Å². The van der Waals surface area contributed by atoms with Crippen LogP contribution in [0.3, 0.4) is 0 Å². The normalized spacial score (nSPS) is 16.0. The van der Waals surface area contributed by atoms with Crippen molar-refractivity contribution in [1.29, 1.82) is 0 Å². The lowest BCUT2D eigenvalue weighted by atomic mass is 10.1. The number of amides is 2. The molecule has 1 aliphatic rings. The predicted molar refractivity (Wildman–Crippen MR) is 81.0 cm³/mol. The van der Waals surface area contributed by atoms with Crippen molar-refractivity contribution in [2.24, 2.45) is 0 Å². The zero-order chi connectivity index (χ0) is 19.6. The molecular weight excluding hydrogens is 385 g/mol. The number of carbonyl (C=O) groups is 1. The summed E-state index contributed by atoms with van der Waals surface area (Å²) in [7, 11) is -2.20. The SMILES string of the molecule is CNS(=O)(=O)C1CCN(C(=O)NCc2c(F)c(F)c(F)c(F)c2F)CC1. The Balaban J connectivity index is 2.01. The Morgan fingerprint density at radius 1 is 1.00 bits per heavy atom. The number of nitrogens with zero attached hydrogens (tertiary/aromatic N) is 1. The number of hydrogen-bond donors (Lipinski definition) is 2. The number of hydrogen-bond acceptors (Lipinski definition) is 3. The first kappa shape index (κ1) is 20.4. The van der Waals surface area contributed by atoms with Gasteiger partial charge in [0, 0.05) is 18.7 Å². The van der Waals surface area contributed by atoms with Gasteiger partial charge in [-0.2, -0.15) is 0 Å². The van der Waals surface area contributed by atoms with E-state index in [4.69, 9.17) is 0 Å². The quantitative estimate of drug-likeness (QED) is 0.457. The first-order valence-electron chi connectivity index (χ1n) is 7.55. The third-order valence-electron chi connectivity index (χ3n) is 4.17. The fourth-order valence-electron chi connectivity index (χ4n) is 2.62. The number of sulfonamides is 1. The van der Waals surface area contributed by atoms with Gasteiger partial charge in [0.05, 0.1) is 11.8 Å². The van der Waals surface area contributed by atoms with E-state index < -0.39 is 62.5 Å². The summed E-state index contributed by atoms with van der Waals surface area (Å²) < 4.78 is 91.9. The minimum Gasteiger partial charge on any atom is -0.334 e. The second-order valence-electron chi connectivity index (χ2n) is 5.64. The number of likely N-dealkylation sites (tertiary alicyclic amines) is 1. The van der Waals surface area contributed by atoms with Crippen LogP contribution in [-0.2, 0) is 16.6 Å². The van der Waals surface area contributed by atoms with Crippen LogP contribution in [0, 0.1) is 29.1 Å². The highest BCUT2D eigenvalue weighted by molar-refractivity contribution is 7.90. The molecule has 146 valence electrons. The van der Waals surface area contributed by atoms with Gasteiger partial charge in [-0.1, -0.05) is 0 Å². The van der Waals surface area contributed by atoms with E-state index in [0.717, 1.165) is 0 Å². The maximum absolute atomic E-state index is 13.6. The van der Waals surface area contributed by atoms with Crippen molar-refractivity contribution in [2.75, 3.05) is 20.1 Å². The van der Waals surface area contributed by atoms with Gasteiger partial charge >= 0.3 is 6.03 Å². The third kappa shape index (κ3) is 3.90. The molecule has 1 aromatic rings. The standard InChI is InChI=1S/C14H16F5N3O3S/c1-20-26(24,25)7-2-4-22(5-3-7)14(23)21-6-8-9(15)11(17)13(19)12(18)10(8)16/h7,20H,2-6H2,1H3,(H,21,23). The molecule has 2 amide bonds. The Morgan fingerprint density at radius 3 is 1.92 bits per heavy atom. The van der Waals surface area contributed by atoms with Gasteiger partial charge in [-0.15, -0.1) is 0 Å². The highest BCUT2D eigenvalue weighted by atomic mass is 32.2. The monoisotopic (exact) mass is 401 g/mol. The molecule has 1 heterocycles. The van der Waals surface area contributed by atoms with Crippen LogP contribution in [0.15, 0.2) is 0 Å². The molecule has 6 nitrogen and oxygen atoms in total. The minimum absolute atomic E-state index is 0.0640. The second kappa shape index (κ2) is 7.74. The molecule has 2 N–H and O–H groups in total. The molecule has 0 aromatic heterocycles. The van der Waals surface area contributed by atoms with Crippen LogP contribution < -0.4 is 10.0 Å². The molecule has 0 bridgehead atoms. The Bertz CT molecular complexity index is 782. The molecular formula is C14H16F5N3O3S. The topological polar surface area (TPSA) is 78.5 Å².